The molecule has 0 aromatic heterocycles. The topological polar surface area (TPSA) is 76.3 Å². The fraction of sp³-hybridized carbons (Fsp3) is 1.00. The highest BCUT2D eigenvalue weighted by atomic mass is 127. The summed E-state index contributed by atoms with van der Waals surface area (Å²) in [6.45, 7) is 2.44. The number of nitrogens with zero attached hydrogens (tertiary/aromatic N) is 1. The first kappa shape index (κ1) is 16.9. The van der Waals surface area contributed by atoms with Crippen LogP contribution < -0.4 is 16.8 Å². The van der Waals surface area contributed by atoms with Crippen molar-refractivity contribution in [2.24, 2.45) is 17.4 Å². The highest BCUT2D eigenvalue weighted by Gasteiger charge is 2.56. The minimum atomic E-state index is -0.0130. The van der Waals surface area contributed by atoms with Crippen LogP contribution in [-0.4, -0.2) is 60.1 Å². The molecule has 0 aromatic rings. The Labute approximate surface area is 128 Å². The lowest BCUT2D eigenvalue weighted by Gasteiger charge is -2.30. The molecule has 5 N–H and O–H groups in total. The maximum atomic E-state index is 6.05. The molecule has 0 spiro atoms. The van der Waals surface area contributed by atoms with Crippen LogP contribution in [0.15, 0.2) is 0 Å². The van der Waals surface area contributed by atoms with E-state index in [2.05, 4.69) is 39.1 Å². The van der Waals surface area contributed by atoms with Crippen LogP contribution in [0.5, 0.6) is 0 Å². The van der Waals surface area contributed by atoms with Gasteiger partial charge in [-0.1, -0.05) is 22.6 Å². The summed E-state index contributed by atoms with van der Waals surface area (Å²) < 4.78 is 6.08. The van der Waals surface area contributed by atoms with Gasteiger partial charge in [0.1, 0.15) is 0 Å². The van der Waals surface area contributed by atoms with Gasteiger partial charge in [-0.05, 0) is 19.2 Å². The van der Waals surface area contributed by atoms with Gasteiger partial charge in [0.25, 0.3) is 0 Å². The van der Waals surface area contributed by atoms with E-state index in [0.717, 1.165) is 29.9 Å². The molecular formula is C11H25IN4OS. The van der Waals surface area contributed by atoms with E-state index in [1.54, 1.807) is 7.11 Å². The molecular weight excluding hydrogens is 363 g/mol. The van der Waals surface area contributed by atoms with Crippen LogP contribution in [0.1, 0.15) is 6.42 Å². The Morgan fingerprint density at radius 1 is 1.61 bits per heavy atom. The molecule has 1 fully saturated rings. The SMILES string of the molecule is COCCC(CN)C1(N[C@H](N)CI)CN1CSC. The van der Waals surface area contributed by atoms with Crippen molar-refractivity contribution in [2.45, 2.75) is 18.2 Å². The summed E-state index contributed by atoms with van der Waals surface area (Å²) in [5, 5.41) is 3.56. The molecule has 0 bridgehead atoms. The number of methoxy groups -OCH3 is 1. The highest BCUT2D eigenvalue weighted by Crippen LogP contribution is 2.39. The molecule has 4 atom stereocenters. The molecule has 0 aliphatic carbocycles. The van der Waals surface area contributed by atoms with E-state index in [-0.39, 0.29) is 11.8 Å². The maximum absolute atomic E-state index is 6.05. The third-order valence-corrected chi connectivity index (χ3v) is 4.93. The minimum Gasteiger partial charge on any atom is -0.385 e. The van der Waals surface area contributed by atoms with E-state index < -0.39 is 0 Å². The third kappa shape index (κ3) is 4.19. The number of hydrogen-bond donors (Lipinski definition) is 3. The van der Waals surface area contributed by atoms with E-state index in [4.69, 9.17) is 16.2 Å². The van der Waals surface area contributed by atoms with E-state index in [1.807, 2.05) is 11.8 Å². The van der Waals surface area contributed by atoms with Crippen LogP contribution in [0.4, 0.5) is 0 Å². The number of alkyl halides is 1. The smallest absolute Gasteiger partial charge is 0.0906 e. The number of nitrogens with one attached hydrogen (secondary N) is 1. The zero-order valence-corrected chi connectivity index (χ0v) is 14.2. The second-order valence-electron chi connectivity index (χ2n) is 4.66. The van der Waals surface area contributed by atoms with Gasteiger partial charge >= 0.3 is 0 Å². The molecule has 108 valence electrons. The Morgan fingerprint density at radius 2 is 2.33 bits per heavy atom. The van der Waals surface area contributed by atoms with Gasteiger partial charge in [-0.2, -0.15) is 0 Å². The number of halogens is 1. The molecule has 1 rings (SSSR count). The summed E-state index contributed by atoms with van der Waals surface area (Å²) in [7, 11) is 1.73. The molecule has 5 nitrogen and oxygen atoms in total. The molecule has 18 heavy (non-hydrogen) atoms. The van der Waals surface area contributed by atoms with E-state index in [1.165, 1.54) is 0 Å². The molecule has 7 heteroatoms. The number of hydrogen-bond acceptors (Lipinski definition) is 6. The largest absolute Gasteiger partial charge is 0.385 e. The van der Waals surface area contributed by atoms with Crippen LogP contribution in [0.25, 0.3) is 0 Å². The third-order valence-electron chi connectivity index (χ3n) is 3.41. The van der Waals surface area contributed by atoms with Gasteiger partial charge in [0, 0.05) is 36.5 Å². The van der Waals surface area contributed by atoms with Crippen molar-refractivity contribution in [3.63, 3.8) is 0 Å². The van der Waals surface area contributed by atoms with Gasteiger partial charge in [-0.25, -0.2) is 0 Å². The molecule has 0 aromatic carbocycles. The number of ether oxygens (including phenoxy) is 1. The Bertz CT molecular complexity index is 249. The monoisotopic (exact) mass is 388 g/mol. The van der Waals surface area contributed by atoms with Crippen LogP contribution in [0.2, 0.25) is 0 Å². The Kier molecular flexibility index (Phi) is 7.74. The maximum Gasteiger partial charge on any atom is 0.0906 e. The van der Waals surface area contributed by atoms with Crippen LogP contribution in [-0.2, 0) is 4.74 Å². The first-order chi connectivity index (χ1) is 8.64. The second-order valence-corrected chi connectivity index (χ2v) is 6.38. The van der Waals surface area contributed by atoms with Gasteiger partial charge in [0.2, 0.25) is 0 Å². The van der Waals surface area contributed by atoms with E-state index in [0.29, 0.717) is 12.5 Å². The van der Waals surface area contributed by atoms with Gasteiger partial charge in [-0.3, -0.25) is 10.2 Å². The van der Waals surface area contributed by atoms with Gasteiger partial charge in [-0.15, -0.1) is 11.8 Å². The lowest BCUT2D eigenvalue weighted by molar-refractivity contribution is 0.147. The Hall–Kier alpha value is 0.880. The first-order valence-corrected chi connectivity index (χ1v) is 9.08. The van der Waals surface area contributed by atoms with Crippen molar-refractivity contribution < 1.29 is 4.74 Å². The summed E-state index contributed by atoms with van der Waals surface area (Å²) in [5.74, 6) is 1.41. The number of thioether (sulfide) groups is 1. The number of nitrogens with two attached hydrogens (primary N) is 2. The molecule has 0 saturated carbocycles. The summed E-state index contributed by atoms with van der Waals surface area (Å²) in [5.41, 5.74) is 12.0. The van der Waals surface area contributed by atoms with Crippen LogP contribution in [0.3, 0.4) is 0 Å². The van der Waals surface area contributed by atoms with Crippen molar-refractivity contribution in [2.75, 3.05) is 43.4 Å². The van der Waals surface area contributed by atoms with Crippen LogP contribution in [0, 0.1) is 5.92 Å². The predicted octanol–water partition coefficient (Wildman–Crippen LogP) is 0.240. The summed E-state index contributed by atoms with van der Waals surface area (Å²) in [6.07, 6.45) is 3.11. The molecule has 1 saturated heterocycles. The van der Waals surface area contributed by atoms with Crippen molar-refractivity contribution in [3.05, 3.63) is 0 Å². The lowest BCUT2D eigenvalue weighted by atomic mass is 9.96. The van der Waals surface area contributed by atoms with Crippen molar-refractivity contribution in [1.82, 2.24) is 10.2 Å². The quantitative estimate of drug-likeness (QED) is 0.216. The zero-order chi connectivity index (χ0) is 13.6. The van der Waals surface area contributed by atoms with E-state index >= 15 is 0 Å². The van der Waals surface area contributed by atoms with Crippen molar-refractivity contribution in [3.8, 4) is 0 Å². The van der Waals surface area contributed by atoms with Gasteiger partial charge in [0.05, 0.1) is 11.8 Å². The lowest BCUT2D eigenvalue weighted by Crippen LogP contribution is -2.55. The van der Waals surface area contributed by atoms with Crippen molar-refractivity contribution in [1.29, 1.82) is 0 Å². The van der Waals surface area contributed by atoms with Crippen molar-refractivity contribution >= 4 is 34.4 Å². The molecule has 0 radical (unpaired) electrons. The van der Waals surface area contributed by atoms with Gasteiger partial charge < -0.3 is 16.2 Å². The molecule has 1 aliphatic heterocycles. The average molecular weight is 388 g/mol. The fourth-order valence-corrected chi connectivity index (χ4v) is 3.24. The molecule has 3 unspecified atom stereocenters. The summed E-state index contributed by atoms with van der Waals surface area (Å²) in [4.78, 5) is 2.41. The predicted molar refractivity (Wildman–Crippen MR) is 86.9 cm³/mol. The molecule has 1 heterocycles. The molecule has 1 aliphatic rings. The standard InChI is InChI=1S/C11H25IN4OS/c1-17-4-3-9(6-13)11(15-10(14)5-12)7-16(11)8-18-2/h9-10,15H,3-8,13-14H2,1-2H3/t9?,10-,11?,16?/m0/s1. The second kappa shape index (κ2) is 8.23. The van der Waals surface area contributed by atoms with E-state index in [9.17, 15) is 0 Å². The Morgan fingerprint density at radius 3 is 2.83 bits per heavy atom. The molecule has 0 amide bonds. The fourth-order valence-electron chi connectivity index (χ4n) is 2.39. The van der Waals surface area contributed by atoms with Gasteiger partial charge in [0.15, 0.2) is 0 Å². The highest BCUT2D eigenvalue weighted by molar-refractivity contribution is 14.1. The van der Waals surface area contributed by atoms with Crippen LogP contribution >= 0.6 is 34.4 Å². The first-order valence-electron chi connectivity index (χ1n) is 6.16. The summed E-state index contributed by atoms with van der Waals surface area (Å²) >= 11 is 4.14. The zero-order valence-electron chi connectivity index (χ0n) is 11.2. The summed E-state index contributed by atoms with van der Waals surface area (Å²) in [6, 6.07) is 0. The normalized spacial score (nSPS) is 30.2. The Balaban J connectivity index is 2.65. The number of rotatable bonds is 10. The minimum absolute atomic E-state index is 0.0130. The average Bonchev–Trinajstić information content (AvgIpc) is 3.04.